The second kappa shape index (κ2) is 6.95. The van der Waals surface area contributed by atoms with Gasteiger partial charge in [-0.3, -0.25) is 4.98 Å². The zero-order valence-corrected chi connectivity index (χ0v) is 11.1. The highest BCUT2D eigenvalue weighted by molar-refractivity contribution is 5.80. The van der Waals surface area contributed by atoms with E-state index >= 15 is 0 Å². The lowest BCUT2D eigenvalue weighted by atomic mass is 10.1. The molecule has 0 bridgehead atoms. The maximum Gasteiger partial charge on any atom is 0.0702 e. The summed E-state index contributed by atoms with van der Waals surface area (Å²) in [5.74, 6) is 0. The summed E-state index contributed by atoms with van der Waals surface area (Å²) in [6.07, 6.45) is 12.8. The molecule has 0 aliphatic rings. The molecule has 1 heterocycles. The van der Waals surface area contributed by atoms with Crippen molar-refractivity contribution < 1.29 is 0 Å². The van der Waals surface area contributed by atoms with Crippen molar-refractivity contribution in [3.63, 3.8) is 0 Å². The fourth-order valence-corrected chi connectivity index (χ4v) is 2.11. The quantitative estimate of drug-likeness (QED) is 0.630. The molecule has 1 aromatic carbocycles. The molecule has 0 aliphatic carbocycles. The summed E-state index contributed by atoms with van der Waals surface area (Å²) in [5.41, 5.74) is 2.34. The van der Waals surface area contributed by atoms with Crippen LogP contribution in [0.15, 0.2) is 42.6 Å². The van der Waals surface area contributed by atoms with Crippen LogP contribution in [0.1, 0.15) is 44.6 Å². The molecule has 1 nitrogen and oxygen atoms in total. The van der Waals surface area contributed by atoms with Crippen LogP contribution in [0.3, 0.4) is 0 Å². The van der Waals surface area contributed by atoms with Crippen molar-refractivity contribution in [3.8, 4) is 0 Å². The molecular weight excluding hydrogens is 218 g/mol. The largest absolute Gasteiger partial charge is 0.256 e. The minimum absolute atomic E-state index is 1.07. The summed E-state index contributed by atoms with van der Waals surface area (Å²) in [4.78, 5) is 4.33. The molecule has 0 saturated carbocycles. The van der Waals surface area contributed by atoms with E-state index in [0.29, 0.717) is 0 Å². The standard InChI is InChI=1S/C17H21N/c1-2-3-4-5-6-7-9-15-11-12-17-16(14-15)10-8-13-18-17/h7-14H,2-6H2,1H3/b9-7+. The van der Waals surface area contributed by atoms with E-state index in [1.807, 2.05) is 12.3 Å². The van der Waals surface area contributed by atoms with Gasteiger partial charge in [0, 0.05) is 11.6 Å². The zero-order chi connectivity index (χ0) is 12.6. The number of allylic oxidation sites excluding steroid dienone is 1. The normalized spacial score (nSPS) is 11.4. The van der Waals surface area contributed by atoms with Crippen LogP contribution in [-0.4, -0.2) is 4.98 Å². The number of unbranched alkanes of at least 4 members (excludes halogenated alkanes) is 4. The average Bonchev–Trinajstić information content (AvgIpc) is 2.42. The van der Waals surface area contributed by atoms with Gasteiger partial charge in [0.15, 0.2) is 0 Å². The Morgan fingerprint density at radius 2 is 2.06 bits per heavy atom. The van der Waals surface area contributed by atoms with Crippen LogP contribution in [0, 0.1) is 0 Å². The van der Waals surface area contributed by atoms with Crippen molar-refractivity contribution in [2.24, 2.45) is 0 Å². The molecule has 0 amide bonds. The first-order chi connectivity index (χ1) is 8.90. The molecule has 0 N–H and O–H groups in total. The molecular formula is C17H21N. The van der Waals surface area contributed by atoms with E-state index in [-0.39, 0.29) is 0 Å². The van der Waals surface area contributed by atoms with E-state index in [0.717, 1.165) is 5.52 Å². The van der Waals surface area contributed by atoms with Crippen molar-refractivity contribution >= 4 is 17.0 Å². The molecule has 2 rings (SSSR count). The predicted molar refractivity (Wildman–Crippen MR) is 79.5 cm³/mol. The fourth-order valence-electron chi connectivity index (χ4n) is 2.11. The van der Waals surface area contributed by atoms with Gasteiger partial charge in [-0.05, 0) is 36.6 Å². The Balaban J connectivity index is 1.93. The average molecular weight is 239 g/mol. The molecule has 0 spiro atoms. The van der Waals surface area contributed by atoms with Gasteiger partial charge in [0.1, 0.15) is 0 Å². The molecule has 1 heteroatoms. The van der Waals surface area contributed by atoms with E-state index in [2.05, 4.69) is 48.3 Å². The Kier molecular flexibility index (Phi) is 4.95. The van der Waals surface area contributed by atoms with E-state index in [9.17, 15) is 0 Å². The monoisotopic (exact) mass is 239 g/mol. The van der Waals surface area contributed by atoms with Gasteiger partial charge in [-0.15, -0.1) is 0 Å². The summed E-state index contributed by atoms with van der Waals surface area (Å²) < 4.78 is 0. The molecule has 18 heavy (non-hydrogen) atoms. The highest BCUT2D eigenvalue weighted by Gasteiger charge is 1.93. The number of aromatic nitrogens is 1. The molecule has 1 aromatic heterocycles. The van der Waals surface area contributed by atoms with Gasteiger partial charge in [-0.2, -0.15) is 0 Å². The molecule has 0 fully saturated rings. The van der Waals surface area contributed by atoms with Crippen molar-refractivity contribution in [3.05, 3.63) is 48.2 Å². The smallest absolute Gasteiger partial charge is 0.0702 e. The molecule has 0 saturated heterocycles. The summed E-state index contributed by atoms with van der Waals surface area (Å²) in [6.45, 7) is 2.25. The molecule has 94 valence electrons. The van der Waals surface area contributed by atoms with E-state index in [1.165, 1.54) is 43.1 Å². The van der Waals surface area contributed by atoms with Crippen LogP contribution < -0.4 is 0 Å². The van der Waals surface area contributed by atoms with Gasteiger partial charge in [0.2, 0.25) is 0 Å². The summed E-state index contributed by atoms with van der Waals surface area (Å²) >= 11 is 0. The number of hydrogen-bond acceptors (Lipinski definition) is 1. The van der Waals surface area contributed by atoms with E-state index in [1.54, 1.807) is 0 Å². The lowest BCUT2D eigenvalue weighted by Gasteiger charge is -1.98. The molecule has 0 aliphatic heterocycles. The second-order valence-corrected chi connectivity index (χ2v) is 4.71. The predicted octanol–water partition coefficient (Wildman–Crippen LogP) is 5.22. The van der Waals surface area contributed by atoms with Gasteiger partial charge in [0.05, 0.1) is 5.52 Å². The van der Waals surface area contributed by atoms with E-state index in [4.69, 9.17) is 0 Å². The number of benzene rings is 1. The highest BCUT2D eigenvalue weighted by atomic mass is 14.6. The number of pyridine rings is 1. The third-order valence-electron chi connectivity index (χ3n) is 3.16. The van der Waals surface area contributed by atoms with Gasteiger partial charge in [-0.1, -0.05) is 50.5 Å². The minimum atomic E-state index is 1.07. The third-order valence-corrected chi connectivity index (χ3v) is 3.16. The van der Waals surface area contributed by atoms with Crippen molar-refractivity contribution in [1.82, 2.24) is 4.98 Å². The number of rotatable bonds is 6. The van der Waals surface area contributed by atoms with Gasteiger partial charge < -0.3 is 0 Å². The SMILES string of the molecule is CCCCCC/C=C/c1ccc2ncccc2c1. The lowest BCUT2D eigenvalue weighted by molar-refractivity contribution is 0.675. The highest BCUT2D eigenvalue weighted by Crippen LogP contribution is 2.15. The van der Waals surface area contributed by atoms with Crippen molar-refractivity contribution in [2.75, 3.05) is 0 Å². The molecule has 0 atom stereocenters. The third kappa shape index (κ3) is 3.69. The lowest BCUT2D eigenvalue weighted by Crippen LogP contribution is -1.79. The molecule has 0 unspecified atom stereocenters. The van der Waals surface area contributed by atoms with Gasteiger partial charge >= 0.3 is 0 Å². The topological polar surface area (TPSA) is 12.9 Å². The summed E-state index contributed by atoms with van der Waals surface area (Å²) in [5, 5.41) is 1.21. The van der Waals surface area contributed by atoms with E-state index < -0.39 is 0 Å². The van der Waals surface area contributed by atoms with Crippen LogP contribution in [-0.2, 0) is 0 Å². The van der Waals surface area contributed by atoms with Crippen LogP contribution >= 0.6 is 0 Å². The fraction of sp³-hybridized carbons (Fsp3) is 0.353. The van der Waals surface area contributed by atoms with Gasteiger partial charge in [0.25, 0.3) is 0 Å². The molecule has 0 radical (unpaired) electrons. The maximum absolute atomic E-state index is 4.33. The van der Waals surface area contributed by atoms with Crippen LogP contribution in [0.4, 0.5) is 0 Å². The Labute approximate surface area is 110 Å². The first kappa shape index (κ1) is 12.8. The summed E-state index contributed by atoms with van der Waals surface area (Å²) in [7, 11) is 0. The van der Waals surface area contributed by atoms with Crippen molar-refractivity contribution in [1.29, 1.82) is 0 Å². The number of nitrogens with zero attached hydrogens (tertiary/aromatic N) is 1. The van der Waals surface area contributed by atoms with Crippen molar-refractivity contribution in [2.45, 2.75) is 39.0 Å². The number of fused-ring (bicyclic) bond motifs is 1. The Bertz CT molecular complexity index is 514. The van der Waals surface area contributed by atoms with Gasteiger partial charge in [-0.25, -0.2) is 0 Å². The minimum Gasteiger partial charge on any atom is -0.256 e. The first-order valence-corrected chi connectivity index (χ1v) is 6.91. The zero-order valence-electron chi connectivity index (χ0n) is 11.1. The van der Waals surface area contributed by atoms with Crippen LogP contribution in [0.5, 0.6) is 0 Å². The number of hydrogen-bond donors (Lipinski definition) is 0. The first-order valence-electron chi connectivity index (χ1n) is 6.91. The van der Waals surface area contributed by atoms with Crippen LogP contribution in [0.25, 0.3) is 17.0 Å². The van der Waals surface area contributed by atoms with Crippen LogP contribution in [0.2, 0.25) is 0 Å². The Morgan fingerprint density at radius 1 is 1.11 bits per heavy atom. The second-order valence-electron chi connectivity index (χ2n) is 4.71. The Morgan fingerprint density at radius 3 is 2.94 bits per heavy atom. The Hall–Kier alpha value is -1.63. The molecule has 2 aromatic rings. The summed E-state index contributed by atoms with van der Waals surface area (Å²) in [6, 6.07) is 10.5. The maximum atomic E-state index is 4.33.